The number of halogens is 1. The highest BCUT2D eigenvalue weighted by Gasteiger charge is 2.08. The van der Waals surface area contributed by atoms with Crippen molar-refractivity contribution in [1.29, 1.82) is 5.26 Å². The molecule has 0 bridgehead atoms. The fourth-order valence-electron chi connectivity index (χ4n) is 1.80. The number of hydrogen-bond acceptors (Lipinski definition) is 2. The maximum Gasteiger partial charge on any atom is 0.0991 e. The van der Waals surface area contributed by atoms with Crippen LogP contribution < -0.4 is 5.32 Å². The predicted molar refractivity (Wildman–Crippen MR) is 77.3 cm³/mol. The highest BCUT2D eigenvalue weighted by atomic mass is 79.9. The third-order valence-corrected chi connectivity index (χ3v) is 3.49. The van der Waals surface area contributed by atoms with Crippen LogP contribution in [0.2, 0.25) is 0 Å². The first-order valence-corrected chi connectivity index (χ1v) is 6.51. The normalized spacial score (nSPS) is 11.6. The van der Waals surface area contributed by atoms with Crippen LogP contribution in [-0.2, 0) is 0 Å². The van der Waals surface area contributed by atoms with Crippen molar-refractivity contribution in [3.8, 4) is 6.07 Å². The van der Waals surface area contributed by atoms with E-state index < -0.39 is 0 Å². The first-order valence-electron chi connectivity index (χ1n) is 5.72. The summed E-state index contributed by atoms with van der Waals surface area (Å²) in [6.45, 7) is 2.11. The van der Waals surface area contributed by atoms with E-state index >= 15 is 0 Å². The lowest BCUT2D eigenvalue weighted by molar-refractivity contribution is 0.879. The molecule has 0 saturated heterocycles. The fraction of sp³-hybridized carbons (Fsp3) is 0.133. The molecule has 2 aromatic rings. The van der Waals surface area contributed by atoms with Gasteiger partial charge in [-0.3, -0.25) is 0 Å². The van der Waals surface area contributed by atoms with Crippen LogP contribution in [0.15, 0.2) is 53.0 Å². The average molecular weight is 301 g/mol. The molecule has 0 aliphatic rings. The zero-order valence-electron chi connectivity index (χ0n) is 10.0. The summed E-state index contributed by atoms with van der Waals surface area (Å²) in [6.07, 6.45) is 0. The van der Waals surface area contributed by atoms with Gasteiger partial charge in [-0.25, -0.2) is 0 Å². The molecule has 3 heteroatoms. The molecule has 0 spiro atoms. The SMILES string of the molecule is CC(Nc1ccc(C#N)cc1)c1ccccc1Br. The molecular formula is C15H13BrN2. The number of nitrogens with one attached hydrogen (secondary N) is 1. The first kappa shape index (κ1) is 12.7. The average Bonchev–Trinajstić information content (AvgIpc) is 2.40. The van der Waals surface area contributed by atoms with E-state index in [1.807, 2.05) is 42.5 Å². The second kappa shape index (κ2) is 5.70. The summed E-state index contributed by atoms with van der Waals surface area (Å²) in [5, 5.41) is 12.2. The molecular weight excluding hydrogens is 288 g/mol. The van der Waals surface area contributed by atoms with Crippen molar-refractivity contribution >= 4 is 21.6 Å². The van der Waals surface area contributed by atoms with Gasteiger partial charge >= 0.3 is 0 Å². The zero-order valence-corrected chi connectivity index (χ0v) is 11.6. The van der Waals surface area contributed by atoms with Crippen LogP contribution in [0.5, 0.6) is 0 Å². The number of rotatable bonds is 3. The van der Waals surface area contributed by atoms with Crippen molar-refractivity contribution in [2.45, 2.75) is 13.0 Å². The maximum absolute atomic E-state index is 8.75. The standard InChI is InChI=1S/C15H13BrN2/c1-11(14-4-2-3-5-15(14)16)18-13-8-6-12(10-17)7-9-13/h2-9,11,18H,1H3. The van der Waals surface area contributed by atoms with Crippen LogP contribution in [0.4, 0.5) is 5.69 Å². The lowest BCUT2D eigenvalue weighted by Gasteiger charge is -2.17. The van der Waals surface area contributed by atoms with Gasteiger partial charge in [0.15, 0.2) is 0 Å². The van der Waals surface area contributed by atoms with Gasteiger partial charge in [-0.1, -0.05) is 34.1 Å². The smallest absolute Gasteiger partial charge is 0.0991 e. The van der Waals surface area contributed by atoms with E-state index in [0.29, 0.717) is 5.56 Å². The zero-order chi connectivity index (χ0) is 13.0. The Bertz CT molecular complexity index is 570. The minimum Gasteiger partial charge on any atom is -0.378 e. The van der Waals surface area contributed by atoms with E-state index in [1.165, 1.54) is 5.56 Å². The molecule has 0 radical (unpaired) electrons. The molecule has 1 N–H and O–H groups in total. The minimum absolute atomic E-state index is 0.202. The minimum atomic E-state index is 0.202. The Morgan fingerprint density at radius 3 is 2.39 bits per heavy atom. The summed E-state index contributed by atoms with van der Waals surface area (Å²) in [5.41, 5.74) is 2.90. The molecule has 90 valence electrons. The van der Waals surface area contributed by atoms with Crippen LogP contribution in [0.25, 0.3) is 0 Å². The summed E-state index contributed by atoms with van der Waals surface area (Å²) in [6, 6.07) is 17.9. The molecule has 0 amide bonds. The van der Waals surface area contributed by atoms with Gasteiger partial charge in [-0.2, -0.15) is 5.26 Å². The third-order valence-electron chi connectivity index (χ3n) is 2.77. The molecule has 1 atom stereocenters. The lowest BCUT2D eigenvalue weighted by Crippen LogP contribution is -2.07. The molecule has 0 aliphatic heterocycles. The largest absolute Gasteiger partial charge is 0.378 e. The topological polar surface area (TPSA) is 35.8 Å². The Morgan fingerprint density at radius 2 is 1.78 bits per heavy atom. The molecule has 1 unspecified atom stereocenters. The number of benzene rings is 2. The molecule has 2 rings (SSSR count). The summed E-state index contributed by atoms with van der Waals surface area (Å²) < 4.78 is 1.10. The highest BCUT2D eigenvalue weighted by molar-refractivity contribution is 9.10. The molecule has 0 fully saturated rings. The van der Waals surface area contributed by atoms with E-state index in [-0.39, 0.29) is 6.04 Å². The van der Waals surface area contributed by atoms with Crippen molar-refractivity contribution in [3.63, 3.8) is 0 Å². The molecule has 0 aromatic heterocycles. The van der Waals surface area contributed by atoms with Gasteiger partial charge in [0.1, 0.15) is 0 Å². The van der Waals surface area contributed by atoms with Crippen LogP contribution >= 0.6 is 15.9 Å². The fourth-order valence-corrected chi connectivity index (χ4v) is 2.42. The molecule has 2 aromatic carbocycles. The molecule has 0 heterocycles. The van der Waals surface area contributed by atoms with Gasteiger partial charge in [0.25, 0.3) is 0 Å². The van der Waals surface area contributed by atoms with E-state index in [0.717, 1.165) is 10.2 Å². The van der Waals surface area contributed by atoms with E-state index in [4.69, 9.17) is 5.26 Å². The lowest BCUT2D eigenvalue weighted by atomic mass is 10.1. The summed E-state index contributed by atoms with van der Waals surface area (Å²) >= 11 is 3.55. The van der Waals surface area contributed by atoms with E-state index in [9.17, 15) is 0 Å². The summed E-state index contributed by atoms with van der Waals surface area (Å²) in [5.74, 6) is 0. The van der Waals surface area contributed by atoms with Gasteiger partial charge in [-0.05, 0) is 42.8 Å². The van der Waals surface area contributed by atoms with Gasteiger partial charge < -0.3 is 5.32 Å². The monoisotopic (exact) mass is 300 g/mol. The third kappa shape index (κ3) is 2.91. The second-order valence-corrected chi connectivity index (χ2v) is 4.93. The summed E-state index contributed by atoms with van der Waals surface area (Å²) in [7, 11) is 0. The quantitative estimate of drug-likeness (QED) is 0.906. The summed E-state index contributed by atoms with van der Waals surface area (Å²) in [4.78, 5) is 0. The van der Waals surface area contributed by atoms with Crippen LogP contribution in [0.1, 0.15) is 24.1 Å². The van der Waals surface area contributed by atoms with Crippen LogP contribution in [0, 0.1) is 11.3 Å². The predicted octanol–water partition coefficient (Wildman–Crippen LogP) is 4.49. The van der Waals surface area contributed by atoms with Crippen molar-refractivity contribution in [3.05, 3.63) is 64.1 Å². The Hall–Kier alpha value is -1.79. The number of nitriles is 1. The van der Waals surface area contributed by atoms with E-state index in [2.05, 4.69) is 40.3 Å². The number of hydrogen-bond donors (Lipinski definition) is 1. The first-order chi connectivity index (χ1) is 8.70. The van der Waals surface area contributed by atoms with E-state index in [1.54, 1.807) is 0 Å². The number of anilines is 1. The molecule has 0 aliphatic carbocycles. The van der Waals surface area contributed by atoms with Crippen LogP contribution in [0.3, 0.4) is 0 Å². The van der Waals surface area contributed by atoms with Crippen molar-refractivity contribution in [2.75, 3.05) is 5.32 Å². The number of nitrogens with zero attached hydrogens (tertiary/aromatic N) is 1. The Labute approximate surface area is 115 Å². The second-order valence-electron chi connectivity index (χ2n) is 4.08. The molecule has 18 heavy (non-hydrogen) atoms. The van der Waals surface area contributed by atoms with Crippen LogP contribution in [-0.4, -0.2) is 0 Å². The van der Waals surface area contributed by atoms with Gasteiger partial charge in [0.05, 0.1) is 11.6 Å². The van der Waals surface area contributed by atoms with Crippen molar-refractivity contribution in [1.82, 2.24) is 0 Å². The molecule has 2 nitrogen and oxygen atoms in total. The van der Waals surface area contributed by atoms with Crippen molar-refractivity contribution in [2.24, 2.45) is 0 Å². The maximum atomic E-state index is 8.75. The van der Waals surface area contributed by atoms with Gasteiger partial charge in [-0.15, -0.1) is 0 Å². The highest BCUT2D eigenvalue weighted by Crippen LogP contribution is 2.25. The van der Waals surface area contributed by atoms with Crippen molar-refractivity contribution < 1.29 is 0 Å². The Kier molecular flexibility index (Phi) is 4.01. The Morgan fingerprint density at radius 1 is 1.11 bits per heavy atom. The van der Waals surface area contributed by atoms with Gasteiger partial charge in [0, 0.05) is 16.2 Å². The Balaban J connectivity index is 2.14. The molecule has 0 saturated carbocycles. The van der Waals surface area contributed by atoms with Gasteiger partial charge in [0.2, 0.25) is 0 Å².